The van der Waals surface area contributed by atoms with Gasteiger partial charge in [0, 0.05) is 25.4 Å². The van der Waals surface area contributed by atoms with E-state index < -0.39 is 0 Å². The van der Waals surface area contributed by atoms with E-state index in [0.29, 0.717) is 18.3 Å². The number of hydrogen-bond acceptors (Lipinski definition) is 5. The summed E-state index contributed by atoms with van der Waals surface area (Å²) in [5, 5.41) is 8.00. The van der Waals surface area contributed by atoms with E-state index in [0.717, 1.165) is 12.0 Å². The van der Waals surface area contributed by atoms with Gasteiger partial charge in [-0.15, -0.1) is 0 Å². The van der Waals surface area contributed by atoms with Crippen LogP contribution in [0.3, 0.4) is 0 Å². The van der Waals surface area contributed by atoms with Crippen LogP contribution in [0.1, 0.15) is 35.7 Å². The highest BCUT2D eigenvalue weighted by molar-refractivity contribution is 5.16. The minimum Gasteiger partial charge on any atom is -0.373 e. The predicted molar refractivity (Wildman–Crippen MR) is 58.3 cm³/mol. The first-order valence-electron chi connectivity index (χ1n) is 5.64. The summed E-state index contributed by atoms with van der Waals surface area (Å²) in [7, 11) is 1.89. The Hall–Kier alpha value is -1.69. The molecule has 6 heteroatoms. The van der Waals surface area contributed by atoms with Crippen molar-refractivity contribution in [3.05, 3.63) is 29.7 Å². The zero-order valence-corrected chi connectivity index (χ0v) is 9.83. The molecule has 2 aromatic rings. The molecule has 2 atom stereocenters. The maximum Gasteiger partial charge on any atom is 0.232 e. The van der Waals surface area contributed by atoms with Crippen LogP contribution < -0.4 is 0 Å². The molecule has 1 aliphatic rings. The molecule has 0 bridgehead atoms. The molecule has 0 saturated carbocycles. The van der Waals surface area contributed by atoms with Gasteiger partial charge in [-0.1, -0.05) is 5.16 Å². The normalized spacial score (nSPS) is 24.4. The van der Waals surface area contributed by atoms with Gasteiger partial charge in [-0.3, -0.25) is 4.68 Å². The lowest BCUT2D eigenvalue weighted by Crippen LogP contribution is -2.06. The molecule has 6 nitrogen and oxygen atoms in total. The van der Waals surface area contributed by atoms with Gasteiger partial charge in [0.25, 0.3) is 0 Å². The van der Waals surface area contributed by atoms with Crippen LogP contribution in [0.25, 0.3) is 0 Å². The van der Waals surface area contributed by atoms with Gasteiger partial charge in [0.15, 0.2) is 5.82 Å². The van der Waals surface area contributed by atoms with Crippen molar-refractivity contribution in [2.75, 3.05) is 6.61 Å². The second-order valence-corrected chi connectivity index (χ2v) is 4.31. The fourth-order valence-electron chi connectivity index (χ4n) is 2.22. The Balaban J connectivity index is 1.89. The molecule has 17 heavy (non-hydrogen) atoms. The van der Waals surface area contributed by atoms with Gasteiger partial charge in [-0.05, 0) is 13.3 Å². The lowest BCUT2D eigenvalue weighted by molar-refractivity contribution is 0.0986. The minimum absolute atomic E-state index is 0.0245. The summed E-state index contributed by atoms with van der Waals surface area (Å²) in [6.07, 6.45) is 4.67. The highest BCUT2D eigenvalue weighted by Gasteiger charge is 2.35. The van der Waals surface area contributed by atoms with Crippen LogP contribution in [0.2, 0.25) is 0 Å². The first-order valence-corrected chi connectivity index (χ1v) is 5.64. The zero-order valence-electron chi connectivity index (χ0n) is 9.83. The van der Waals surface area contributed by atoms with Crippen LogP contribution in [-0.2, 0) is 11.8 Å². The van der Waals surface area contributed by atoms with Gasteiger partial charge < -0.3 is 9.26 Å². The molecule has 1 fully saturated rings. The molecule has 3 heterocycles. The monoisotopic (exact) mass is 234 g/mol. The highest BCUT2D eigenvalue weighted by Crippen LogP contribution is 2.40. The predicted octanol–water partition coefficient (Wildman–Crippen LogP) is 1.36. The topological polar surface area (TPSA) is 66.0 Å². The minimum atomic E-state index is -0.0245. The van der Waals surface area contributed by atoms with Crippen molar-refractivity contribution in [3.63, 3.8) is 0 Å². The second kappa shape index (κ2) is 3.96. The molecule has 0 aromatic carbocycles. The number of ether oxygens (including phenoxy) is 1. The van der Waals surface area contributed by atoms with Crippen molar-refractivity contribution in [2.45, 2.75) is 25.4 Å². The molecular formula is C11H14N4O2. The molecule has 0 aliphatic carbocycles. The van der Waals surface area contributed by atoms with Crippen molar-refractivity contribution >= 4 is 0 Å². The standard InChI is InChI=1S/C11H14N4O2/c1-7-13-11(17-14-7)9-3-4-16-10(9)8-5-12-15(2)6-8/h5-6,9-10H,3-4H2,1-2H3/t9-,10+/m0/s1. The van der Waals surface area contributed by atoms with E-state index in [9.17, 15) is 0 Å². The highest BCUT2D eigenvalue weighted by atomic mass is 16.5. The van der Waals surface area contributed by atoms with E-state index in [1.54, 1.807) is 4.68 Å². The van der Waals surface area contributed by atoms with Gasteiger partial charge in [-0.2, -0.15) is 10.1 Å². The van der Waals surface area contributed by atoms with Crippen molar-refractivity contribution in [1.29, 1.82) is 0 Å². The third kappa shape index (κ3) is 1.84. The van der Waals surface area contributed by atoms with Crippen LogP contribution in [0.5, 0.6) is 0 Å². The van der Waals surface area contributed by atoms with E-state index >= 15 is 0 Å². The SMILES string of the molecule is Cc1noc([C@H]2CCO[C@@H]2c2cnn(C)c2)n1. The Bertz CT molecular complexity index is 473. The quantitative estimate of drug-likeness (QED) is 0.784. The van der Waals surface area contributed by atoms with E-state index in [1.165, 1.54) is 0 Å². The van der Waals surface area contributed by atoms with Gasteiger partial charge in [0.1, 0.15) is 0 Å². The van der Waals surface area contributed by atoms with Gasteiger partial charge in [-0.25, -0.2) is 0 Å². The average Bonchev–Trinajstić information content (AvgIpc) is 2.96. The fourth-order valence-corrected chi connectivity index (χ4v) is 2.22. The summed E-state index contributed by atoms with van der Waals surface area (Å²) in [5.41, 5.74) is 1.06. The van der Waals surface area contributed by atoms with Crippen molar-refractivity contribution in [3.8, 4) is 0 Å². The smallest absolute Gasteiger partial charge is 0.232 e. The lowest BCUT2D eigenvalue weighted by atomic mass is 9.97. The number of hydrogen-bond donors (Lipinski definition) is 0. The number of aryl methyl sites for hydroxylation is 2. The molecule has 0 spiro atoms. The fraction of sp³-hybridized carbons (Fsp3) is 0.545. The zero-order chi connectivity index (χ0) is 11.8. The van der Waals surface area contributed by atoms with Crippen molar-refractivity contribution < 1.29 is 9.26 Å². The van der Waals surface area contributed by atoms with E-state index in [1.807, 2.05) is 26.4 Å². The second-order valence-electron chi connectivity index (χ2n) is 4.31. The first-order chi connectivity index (χ1) is 8.24. The molecule has 2 aromatic heterocycles. The Kier molecular flexibility index (Phi) is 2.44. The molecule has 1 saturated heterocycles. The third-order valence-corrected chi connectivity index (χ3v) is 3.01. The maximum absolute atomic E-state index is 5.75. The average molecular weight is 234 g/mol. The third-order valence-electron chi connectivity index (χ3n) is 3.01. The Morgan fingerprint density at radius 1 is 1.47 bits per heavy atom. The summed E-state index contributed by atoms with van der Waals surface area (Å²) < 4.78 is 12.8. The maximum atomic E-state index is 5.75. The Labute approximate surface area is 98.6 Å². The van der Waals surface area contributed by atoms with Crippen LogP contribution in [-0.4, -0.2) is 26.5 Å². The van der Waals surface area contributed by atoms with Crippen LogP contribution >= 0.6 is 0 Å². The largest absolute Gasteiger partial charge is 0.373 e. The van der Waals surface area contributed by atoms with Gasteiger partial charge >= 0.3 is 0 Å². The lowest BCUT2D eigenvalue weighted by Gasteiger charge is -2.12. The van der Waals surface area contributed by atoms with Crippen molar-refractivity contribution in [1.82, 2.24) is 19.9 Å². The van der Waals surface area contributed by atoms with Crippen LogP contribution in [0, 0.1) is 6.92 Å². The van der Waals surface area contributed by atoms with Gasteiger partial charge in [0.05, 0.1) is 18.2 Å². The molecule has 1 aliphatic heterocycles. The summed E-state index contributed by atoms with van der Waals surface area (Å²) in [5.74, 6) is 1.46. The number of aromatic nitrogens is 4. The van der Waals surface area contributed by atoms with Gasteiger partial charge in [0.2, 0.25) is 5.89 Å². The molecule has 90 valence electrons. The molecular weight excluding hydrogens is 220 g/mol. The van der Waals surface area contributed by atoms with E-state index in [-0.39, 0.29) is 12.0 Å². The van der Waals surface area contributed by atoms with Crippen LogP contribution in [0.4, 0.5) is 0 Å². The molecule has 0 radical (unpaired) electrons. The number of rotatable bonds is 2. The summed E-state index contributed by atoms with van der Waals surface area (Å²) >= 11 is 0. The van der Waals surface area contributed by atoms with E-state index in [2.05, 4.69) is 15.2 Å². The molecule has 3 rings (SSSR count). The van der Waals surface area contributed by atoms with E-state index in [4.69, 9.17) is 9.26 Å². The summed E-state index contributed by atoms with van der Waals surface area (Å²) in [6, 6.07) is 0. The van der Waals surface area contributed by atoms with Crippen molar-refractivity contribution in [2.24, 2.45) is 7.05 Å². The molecule has 0 amide bonds. The Morgan fingerprint density at radius 2 is 2.35 bits per heavy atom. The first kappa shape index (κ1) is 10.5. The summed E-state index contributed by atoms with van der Waals surface area (Å²) in [6.45, 7) is 2.54. The van der Waals surface area contributed by atoms with Crippen LogP contribution in [0.15, 0.2) is 16.9 Å². The molecule has 0 N–H and O–H groups in total. The molecule has 0 unspecified atom stereocenters. The number of nitrogens with zero attached hydrogens (tertiary/aromatic N) is 4. The summed E-state index contributed by atoms with van der Waals surface area (Å²) in [4.78, 5) is 4.29. The Morgan fingerprint density at radius 3 is 3.00 bits per heavy atom.